The van der Waals surface area contributed by atoms with Crippen LogP contribution in [0.3, 0.4) is 0 Å². The summed E-state index contributed by atoms with van der Waals surface area (Å²) < 4.78 is 6.55. The second-order valence-electron chi connectivity index (χ2n) is 4.49. The summed E-state index contributed by atoms with van der Waals surface area (Å²) in [6, 6.07) is 5.00. The first-order valence-corrected chi connectivity index (χ1v) is 6.82. The highest BCUT2D eigenvalue weighted by atomic mass is 35.5. The van der Waals surface area contributed by atoms with Crippen LogP contribution in [0.4, 0.5) is 11.4 Å². The maximum absolute atomic E-state index is 12.3. The largest absolute Gasteiger partial charge is 0.495 e. The summed E-state index contributed by atoms with van der Waals surface area (Å²) in [4.78, 5) is 12.3. The Kier molecular flexibility index (Phi) is 4.37. The van der Waals surface area contributed by atoms with Gasteiger partial charge in [0.1, 0.15) is 11.4 Å². The van der Waals surface area contributed by atoms with Gasteiger partial charge in [-0.25, -0.2) is 0 Å². The van der Waals surface area contributed by atoms with Crippen molar-refractivity contribution in [3.05, 3.63) is 34.6 Å². The summed E-state index contributed by atoms with van der Waals surface area (Å²) in [6.07, 6.45) is 0.668. The molecule has 1 amide bonds. The smallest absolute Gasteiger partial charge is 0.276 e. The number of carbonyl (C=O) groups excluding carboxylic acids is 1. The van der Waals surface area contributed by atoms with Crippen LogP contribution in [-0.4, -0.2) is 22.8 Å². The number of benzene rings is 1. The molecule has 0 unspecified atom stereocenters. The predicted octanol–water partition coefficient (Wildman–Crippen LogP) is 2.48. The topological polar surface area (TPSA) is 82.2 Å². The quantitative estimate of drug-likeness (QED) is 0.909. The second kappa shape index (κ2) is 6.05. The third-order valence-electron chi connectivity index (χ3n) is 3.12. The van der Waals surface area contributed by atoms with E-state index in [1.54, 1.807) is 25.2 Å². The van der Waals surface area contributed by atoms with Crippen molar-refractivity contribution in [3.8, 4) is 5.75 Å². The summed E-state index contributed by atoms with van der Waals surface area (Å²) in [5, 5.41) is 7.39. The lowest BCUT2D eigenvalue weighted by Crippen LogP contribution is -2.17. The molecule has 2 rings (SSSR count). The Morgan fingerprint density at radius 2 is 2.24 bits per heavy atom. The molecule has 0 radical (unpaired) electrons. The van der Waals surface area contributed by atoms with Gasteiger partial charge in [-0.3, -0.25) is 9.48 Å². The van der Waals surface area contributed by atoms with E-state index in [1.807, 2.05) is 6.92 Å². The van der Waals surface area contributed by atoms with Crippen molar-refractivity contribution in [1.82, 2.24) is 9.78 Å². The van der Waals surface area contributed by atoms with Gasteiger partial charge in [0, 0.05) is 12.7 Å². The SMILES string of the molecule is CCc1nn(C)c(C(=O)Nc2ccc(OC)c(Cl)c2)c1N. The number of hydrogen-bond acceptors (Lipinski definition) is 4. The lowest BCUT2D eigenvalue weighted by molar-refractivity contribution is 0.101. The number of anilines is 2. The molecule has 0 fully saturated rings. The van der Waals surface area contributed by atoms with Crippen LogP contribution >= 0.6 is 11.6 Å². The minimum atomic E-state index is -0.330. The molecule has 0 aliphatic rings. The van der Waals surface area contributed by atoms with Crippen LogP contribution in [0.5, 0.6) is 5.75 Å². The Labute approximate surface area is 127 Å². The number of hydrogen-bond donors (Lipinski definition) is 2. The van der Waals surface area contributed by atoms with Gasteiger partial charge in [-0.15, -0.1) is 0 Å². The van der Waals surface area contributed by atoms with Crippen molar-refractivity contribution in [2.45, 2.75) is 13.3 Å². The third kappa shape index (κ3) is 2.95. The first-order valence-electron chi connectivity index (χ1n) is 6.44. The molecule has 21 heavy (non-hydrogen) atoms. The average molecular weight is 309 g/mol. The van der Waals surface area contributed by atoms with E-state index in [-0.39, 0.29) is 5.91 Å². The fourth-order valence-electron chi connectivity index (χ4n) is 2.06. The van der Waals surface area contributed by atoms with E-state index in [2.05, 4.69) is 10.4 Å². The van der Waals surface area contributed by atoms with Crippen LogP contribution in [0.25, 0.3) is 0 Å². The molecule has 0 saturated carbocycles. The molecule has 0 aliphatic carbocycles. The second-order valence-corrected chi connectivity index (χ2v) is 4.90. The molecule has 0 aliphatic heterocycles. The highest BCUT2D eigenvalue weighted by molar-refractivity contribution is 6.32. The van der Waals surface area contributed by atoms with Crippen LogP contribution in [0.15, 0.2) is 18.2 Å². The molecule has 1 heterocycles. The maximum Gasteiger partial charge on any atom is 0.276 e. The first-order chi connectivity index (χ1) is 9.97. The standard InChI is InChI=1S/C14H17ClN4O2/c1-4-10-12(16)13(19(2)18-10)14(20)17-8-5-6-11(21-3)9(15)7-8/h5-7H,4,16H2,1-3H3,(H,17,20). The normalized spacial score (nSPS) is 10.5. The molecular formula is C14H17ClN4O2. The molecule has 2 aromatic rings. The van der Waals surface area contributed by atoms with E-state index < -0.39 is 0 Å². The van der Waals surface area contributed by atoms with Gasteiger partial charge in [0.05, 0.1) is 23.5 Å². The van der Waals surface area contributed by atoms with Gasteiger partial charge in [0.25, 0.3) is 5.91 Å². The highest BCUT2D eigenvalue weighted by Gasteiger charge is 2.19. The zero-order valence-corrected chi connectivity index (χ0v) is 12.9. The van der Waals surface area contributed by atoms with E-state index in [0.717, 1.165) is 0 Å². The number of methoxy groups -OCH3 is 1. The van der Waals surface area contributed by atoms with Crippen LogP contribution in [-0.2, 0) is 13.5 Å². The summed E-state index contributed by atoms with van der Waals surface area (Å²) in [5.74, 6) is 0.214. The number of aromatic nitrogens is 2. The lowest BCUT2D eigenvalue weighted by atomic mass is 10.2. The minimum absolute atomic E-state index is 0.330. The fourth-order valence-corrected chi connectivity index (χ4v) is 2.32. The Morgan fingerprint density at radius 3 is 2.76 bits per heavy atom. The number of amides is 1. The van der Waals surface area contributed by atoms with Gasteiger partial charge in [-0.05, 0) is 24.6 Å². The summed E-state index contributed by atoms with van der Waals surface area (Å²) >= 11 is 6.03. The molecule has 112 valence electrons. The number of nitrogens with zero attached hydrogens (tertiary/aromatic N) is 2. The molecule has 7 heteroatoms. The third-order valence-corrected chi connectivity index (χ3v) is 3.42. The zero-order chi connectivity index (χ0) is 15.6. The van der Waals surface area contributed by atoms with Crippen molar-refractivity contribution in [2.75, 3.05) is 18.2 Å². The molecule has 1 aromatic carbocycles. The van der Waals surface area contributed by atoms with Gasteiger partial charge in [-0.1, -0.05) is 18.5 Å². The van der Waals surface area contributed by atoms with Crippen molar-refractivity contribution in [1.29, 1.82) is 0 Å². The van der Waals surface area contributed by atoms with Gasteiger partial charge in [0.2, 0.25) is 0 Å². The van der Waals surface area contributed by atoms with Gasteiger partial charge >= 0.3 is 0 Å². The number of carbonyl (C=O) groups is 1. The van der Waals surface area contributed by atoms with Crippen LogP contribution in [0, 0.1) is 0 Å². The van der Waals surface area contributed by atoms with E-state index in [0.29, 0.717) is 40.0 Å². The summed E-state index contributed by atoms with van der Waals surface area (Å²) in [7, 11) is 3.22. The average Bonchev–Trinajstić information content (AvgIpc) is 2.73. The summed E-state index contributed by atoms with van der Waals surface area (Å²) in [5.41, 5.74) is 7.95. The van der Waals surface area contributed by atoms with Crippen molar-refractivity contribution in [2.24, 2.45) is 7.05 Å². The number of rotatable bonds is 4. The van der Waals surface area contributed by atoms with E-state index in [4.69, 9.17) is 22.1 Å². The van der Waals surface area contributed by atoms with Gasteiger partial charge < -0.3 is 15.8 Å². The Bertz CT molecular complexity index is 682. The Balaban J connectivity index is 2.26. The molecule has 1 aromatic heterocycles. The van der Waals surface area contributed by atoms with Gasteiger partial charge in [-0.2, -0.15) is 5.10 Å². The van der Waals surface area contributed by atoms with E-state index in [9.17, 15) is 4.79 Å². The molecule has 6 nitrogen and oxygen atoms in total. The monoisotopic (exact) mass is 308 g/mol. The van der Waals surface area contributed by atoms with Crippen molar-refractivity contribution < 1.29 is 9.53 Å². The number of nitrogen functional groups attached to an aromatic ring is 1. The molecule has 0 spiro atoms. The molecule has 0 saturated heterocycles. The predicted molar refractivity (Wildman–Crippen MR) is 83.0 cm³/mol. The molecule has 0 bridgehead atoms. The van der Waals surface area contributed by atoms with Gasteiger partial charge in [0.15, 0.2) is 0 Å². The lowest BCUT2D eigenvalue weighted by Gasteiger charge is -2.08. The number of nitrogens with two attached hydrogens (primary N) is 1. The number of halogens is 1. The molecule has 3 N–H and O–H groups in total. The van der Waals surface area contributed by atoms with Crippen molar-refractivity contribution >= 4 is 28.9 Å². The number of nitrogens with one attached hydrogen (secondary N) is 1. The van der Waals surface area contributed by atoms with Crippen LogP contribution in [0.2, 0.25) is 5.02 Å². The number of ether oxygens (including phenoxy) is 1. The highest BCUT2D eigenvalue weighted by Crippen LogP contribution is 2.27. The van der Waals surface area contributed by atoms with Crippen LogP contribution < -0.4 is 15.8 Å². The van der Waals surface area contributed by atoms with E-state index in [1.165, 1.54) is 11.8 Å². The number of aryl methyl sites for hydroxylation is 2. The molecule has 0 atom stereocenters. The fraction of sp³-hybridized carbons (Fsp3) is 0.286. The molecular weight excluding hydrogens is 292 g/mol. The van der Waals surface area contributed by atoms with Crippen LogP contribution in [0.1, 0.15) is 23.1 Å². The first kappa shape index (κ1) is 15.2. The van der Waals surface area contributed by atoms with Crippen molar-refractivity contribution in [3.63, 3.8) is 0 Å². The Morgan fingerprint density at radius 1 is 1.52 bits per heavy atom. The maximum atomic E-state index is 12.3. The zero-order valence-electron chi connectivity index (χ0n) is 12.1. The summed E-state index contributed by atoms with van der Waals surface area (Å²) in [6.45, 7) is 1.93. The Hall–Kier alpha value is -2.21. The van der Waals surface area contributed by atoms with E-state index >= 15 is 0 Å². The minimum Gasteiger partial charge on any atom is -0.495 e.